The van der Waals surface area contributed by atoms with E-state index in [2.05, 4.69) is 4.72 Å². The van der Waals surface area contributed by atoms with Crippen molar-refractivity contribution >= 4 is 10.0 Å². The fraction of sp³-hybridized carbons (Fsp3) is 0.600. The van der Waals surface area contributed by atoms with Gasteiger partial charge in [-0.05, 0) is 29.9 Å². The summed E-state index contributed by atoms with van der Waals surface area (Å²) in [6, 6.07) is 7.45. The molecule has 0 aromatic heterocycles. The highest BCUT2D eigenvalue weighted by atomic mass is 32.2. The minimum Gasteiger partial charge on any atom is -0.326 e. The predicted octanol–water partition coefficient (Wildman–Crippen LogP) is 2.56. The van der Waals surface area contributed by atoms with E-state index in [0.29, 0.717) is 13.0 Å². The van der Waals surface area contributed by atoms with Crippen molar-refractivity contribution in [2.45, 2.75) is 46.7 Å². The summed E-state index contributed by atoms with van der Waals surface area (Å²) in [4.78, 5) is 0. The Balaban J connectivity index is 2.66. The molecule has 0 aliphatic rings. The van der Waals surface area contributed by atoms with Crippen LogP contribution in [0.25, 0.3) is 0 Å². The predicted molar refractivity (Wildman–Crippen MR) is 83.7 cm³/mol. The molecule has 0 fully saturated rings. The lowest BCUT2D eigenvalue weighted by molar-refractivity contribution is 0.396. The van der Waals surface area contributed by atoms with Gasteiger partial charge in [-0.2, -0.15) is 0 Å². The molecular formula is C15H26N2O2S. The summed E-state index contributed by atoms with van der Waals surface area (Å²) >= 11 is 0. The van der Waals surface area contributed by atoms with E-state index in [1.165, 1.54) is 0 Å². The lowest BCUT2D eigenvalue weighted by atomic mass is 9.94. The number of rotatable bonds is 6. The molecule has 0 radical (unpaired) electrons. The molecule has 0 spiro atoms. The summed E-state index contributed by atoms with van der Waals surface area (Å²) in [7, 11) is -3.25. The van der Waals surface area contributed by atoms with Crippen LogP contribution in [0.5, 0.6) is 0 Å². The van der Waals surface area contributed by atoms with Crippen molar-refractivity contribution in [1.82, 2.24) is 4.72 Å². The van der Waals surface area contributed by atoms with Crippen molar-refractivity contribution in [2.75, 3.05) is 5.75 Å². The number of sulfonamides is 1. The molecule has 1 aromatic carbocycles. The lowest BCUT2D eigenvalue weighted by Gasteiger charge is -2.20. The van der Waals surface area contributed by atoms with E-state index in [0.717, 1.165) is 11.1 Å². The highest BCUT2D eigenvalue weighted by Crippen LogP contribution is 2.20. The van der Waals surface area contributed by atoms with Crippen LogP contribution in [0.15, 0.2) is 24.3 Å². The molecule has 1 rings (SSSR count). The molecule has 5 heteroatoms. The topological polar surface area (TPSA) is 72.2 Å². The third kappa shape index (κ3) is 6.03. The Labute approximate surface area is 122 Å². The first-order chi connectivity index (χ1) is 9.13. The molecule has 20 heavy (non-hydrogen) atoms. The van der Waals surface area contributed by atoms with Gasteiger partial charge in [0.1, 0.15) is 0 Å². The van der Waals surface area contributed by atoms with Crippen LogP contribution in [-0.2, 0) is 16.6 Å². The van der Waals surface area contributed by atoms with Crippen molar-refractivity contribution in [3.8, 4) is 0 Å². The average molecular weight is 298 g/mol. The smallest absolute Gasteiger partial charge is 0.212 e. The Kier molecular flexibility index (Phi) is 5.74. The Hall–Kier alpha value is -0.910. The van der Waals surface area contributed by atoms with E-state index < -0.39 is 10.0 Å². The van der Waals surface area contributed by atoms with Crippen LogP contribution in [0, 0.1) is 5.41 Å². The highest BCUT2D eigenvalue weighted by Gasteiger charge is 2.19. The summed E-state index contributed by atoms with van der Waals surface area (Å²) in [6.45, 7) is 8.46. The molecule has 0 aliphatic heterocycles. The van der Waals surface area contributed by atoms with Gasteiger partial charge in [0.05, 0.1) is 5.75 Å². The second-order valence-electron chi connectivity index (χ2n) is 6.41. The molecule has 4 nitrogen and oxygen atoms in total. The van der Waals surface area contributed by atoms with Crippen LogP contribution in [0.1, 0.15) is 51.3 Å². The van der Waals surface area contributed by atoms with Gasteiger partial charge in [-0.15, -0.1) is 0 Å². The molecule has 1 unspecified atom stereocenters. The van der Waals surface area contributed by atoms with Crippen LogP contribution < -0.4 is 10.5 Å². The van der Waals surface area contributed by atoms with Gasteiger partial charge in [-0.3, -0.25) is 0 Å². The molecule has 1 atom stereocenters. The molecule has 1 aromatic rings. The van der Waals surface area contributed by atoms with Gasteiger partial charge >= 0.3 is 0 Å². The average Bonchev–Trinajstić information content (AvgIpc) is 2.35. The fourth-order valence-corrected chi connectivity index (χ4v) is 3.45. The van der Waals surface area contributed by atoms with Crippen molar-refractivity contribution < 1.29 is 8.42 Å². The molecule has 0 heterocycles. The van der Waals surface area contributed by atoms with E-state index >= 15 is 0 Å². The van der Waals surface area contributed by atoms with Crippen LogP contribution in [0.2, 0.25) is 0 Å². The third-order valence-electron chi connectivity index (χ3n) is 3.19. The highest BCUT2D eigenvalue weighted by molar-refractivity contribution is 7.89. The van der Waals surface area contributed by atoms with Crippen LogP contribution in [-0.4, -0.2) is 14.2 Å². The van der Waals surface area contributed by atoms with Gasteiger partial charge in [-0.1, -0.05) is 45.0 Å². The molecule has 114 valence electrons. The minimum atomic E-state index is -3.25. The summed E-state index contributed by atoms with van der Waals surface area (Å²) in [5, 5.41) is 0. The summed E-state index contributed by atoms with van der Waals surface area (Å²) < 4.78 is 26.8. The summed E-state index contributed by atoms with van der Waals surface area (Å²) in [5.41, 5.74) is 7.55. The Morgan fingerprint density at radius 1 is 1.20 bits per heavy atom. The van der Waals surface area contributed by atoms with Crippen LogP contribution >= 0.6 is 0 Å². The molecular weight excluding hydrogens is 272 g/mol. The van der Waals surface area contributed by atoms with Gasteiger partial charge in [-0.25, -0.2) is 13.1 Å². The SMILES string of the molecule is CC(NS(=O)(=O)CCC(C)(C)C)c1ccc(CN)cc1. The Morgan fingerprint density at radius 2 is 1.75 bits per heavy atom. The number of nitrogens with one attached hydrogen (secondary N) is 1. The summed E-state index contributed by atoms with van der Waals surface area (Å²) in [5.74, 6) is 0.154. The second kappa shape index (κ2) is 6.70. The molecule has 0 aliphatic carbocycles. The second-order valence-corrected chi connectivity index (χ2v) is 8.29. The number of hydrogen-bond acceptors (Lipinski definition) is 3. The van der Waals surface area contributed by atoms with E-state index in [1.807, 2.05) is 52.0 Å². The first-order valence-corrected chi connectivity index (χ1v) is 8.57. The largest absolute Gasteiger partial charge is 0.326 e. The van der Waals surface area contributed by atoms with E-state index in [9.17, 15) is 8.42 Å². The Morgan fingerprint density at radius 3 is 2.20 bits per heavy atom. The molecule has 0 saturated heterocycles. The quantitative estimate of drug-likeness (QED) is 0.848. The zero-order chi connectivity index (χ0) is 15.4. The standard InChI is InChI=1S/C15H26N2O2S/c1-12(14-7-5-13(11-16)6-8-14)17-20(18,19)10-9-15(2,3)4/h5-8,12,17H,9-11,16H2,1-4H3. The number of nitrogens with two attached hydrogens (primary N) is 1. The van der Waals surface area contributed by atoms with Crippen molar-refractivity contribution in [3.63, 3.8) is 0 Å². The lowest BCUT2D eigenvalue weighted by Crippen LogP contribution is -2.30. The number of benzene rings is 1. The Bertz CT molecular complexity index is 516. The maximum atomic E-state index is 12.1. The van der Waals surface area contributed by atoms with E-state index in [4.69, 9.17) is 5.73 Å². The molecule has 0 amide bonds. The first-order valence-electron chi connectivity index (χ1n) is 6.92. The number of hydrogen-bond donors (Lipinski definition) is 2. The van der Waals surface area contributed by atoms with E-state index in [1.54, 1.807) is 0 Å². The maximum Gasteiger partial charge on any atom is 0.212 e. The van der Waals surface area contributed by atoms with Crippen LogP contribution in [0.4, 0.5) is 0 Å². The third-order valence-corrected chi connectivity index (χ3v) is 4.65. The molecule has 3 N–H and O–H groups in total. The van der Waals surface area contributed by atoms with Gasteiger partial charge in [0.2, 0.25) is 10.0 Å². The first kappa shape index (κ1) is 17.1. The normalized spacial score (nSPS) is 14.2. The molecule has 0 bridgehead atoms. The fourth-order valence-electron chi connectivity index (χ4n) is 1.78. The van der Waals surface area contributed by atoms with Crippen molar-refractivity contribution in [3.05, 3.63) is 35.4 Å². The van der Waals surface area contributed by atoms with Crippen molar-refractivity contribution in [2.24, 2.45) is 11.1 Å². The van der Waals surface area contributed by atoms with Gasteiger partial charge in [0.25, 0.3) is 0 Å². The van der Waals surface area contributed by atoms with Gasteiger partial charge in [0.15, 0.2) is 0 Å². The zero-order valence-corrected chi connectivity index (χ0v) is 13.6. The van der Waals surface area contributed by atoms with Crippen molar-refractivity contribution in [1.29, 1.82) is 0 Å². The molecule has 0 saturated carbocycles. The van der Waals surface area contributed by atoms with E-state index in [-0.39, 0.29) is 17.2 Å². The monoisotopic (exact) mass is 298 g/mol. The van der Waals surface area contributed by atoms with Crippen LogP contribution in [0.3, 0.4) is 0 Å². The van der Waals surface area contributed by atoms with Gasteiger partial charge < -0.3 is 5.73 Å². The summed E-state index contributed by atoms with van der Waals surface area (Å²) in [6.07, 6.45) is 0.640. The zero-order valence-electron chi connectivity index (χ0n) is 12.8. The minimum absolute atomic E-state index is 0.0146. The van der Waals surface area contributed by atoms with Gasteiger partial charge in [0, 0.05) is 12.6 Å². The maximum absolute atomic E-state index is 12.1.